The fourth-order valence-electron chi connectivity index (χ4n) is 1.16. The van der Waals surface area contributed by atoms with Crippen molar-refractivity contribution in [1.29, 1.82) is 5.26 Å². The zero-order valence-electron chi connectivity index (χ0n) is 9.14. The lowest BCUT2D eigenvalue weighted by Gasteiger charge is -2.13. The number of thiazole rings is 1. The van der Waals surface area contributed by atoms with E-state index in [9.17, 15) is 4.79 Å². The number of rotatable bonds is 5. The monoisotopic (exact) mass is 238 g/mol. The first-order valence-corrected chi connectivity index (χ1v) is 5.84. The first kappa shape index (κ1) is 12.6. The van der Waals surface area contributed by atoms with E-state index in [0.717, 1.165) is 5.01 Å². The first-order chi connectivity index (χ1) is 7.69. The van der Waals surface area contributed by atoms with Crippen molar-refractivity contribution in [3.05, 3.63) is 16.1 Å². The normalized spacial score (nSPS) is 9.81. The second-order valence-corrected chi connectivity index (χ2v) is 4.24. The molecule has 0 aliphatic rings. The summed E-state index contributed by atoms with van der Waals surface area (Å²) in [6, 6.07) is 2.00. The van der Waals surface area contributed by atoms with Crippen LogP contribution in [0.3, 0.4) is 0 Å². The summed E-state index contributed by atoms with van der Waals surface area (Å²) in [7, 11) is 1.67. The van der Waals surface area contributed by atoms with Crippen LogP contribution >= 0.6 is 11.3 Å². The Morgan fingerprint density at radius 3 is 3.12 bits per heavy atom. The third kappa shape index (κ3) is 3.29. The van der Waals surface area contributed by atoms with Gasteiger partial charge in [-0.25, -0.2) is 4.98 Å². The maximum atomic E-state index is 11.8. The number of nitriles is 1. The van der Waals surface area contributed by atoms with Gasteiger partial charge in [-0.2, -0.15) is 5.26 Å². The molecule has 0 unspecified atom stereocenters. The lowest BCUT2D eigenvalue weighted by atomic mass is 10.3. The van der Waals surface area contributed by atoms with Crippen molar-refractivity contribution in [3.8, 4) is 6.07 Å². The van der Waals surface area contributed by atoms with E-state index in [2.05, 4.69) is 4.98 Å². The molecule has 0 saturated heterocycles. The minimum absolute atomic E-state index is 0.144. The number of hydrogen-bond donors (Lipinski definition) is 1. The van der Waals surface area contributed by atoms with Gasteiger partial charge in [-0.15, -0.1) is 11.3 Å². The highest BCUT2D eigenvalue weighted by Crippen LogP contribution is 2.11. The molecule has 1 amide bonds. The average Bonchev–Trinajstić information content (AvgIpc) is 2.74. The Bertz CT molecular complexity index is 396. The molecule has 6 heteroatoms. The maximum Gasteiger partial charge on any atom is 0.273 e. The van der Waals surface area contributed by atoms with Crippen molar-refractivity contribution in [2.45, 2.75) is 12.8 Å². The summed E-state index contributed by atoms with van der Waals surface area (Å²) in [5.74, 6) is -0.144. The van der Waals surface area contributed by atoms with Crippen molar-refractivity contribution in [3.63, 3.8) is 0 Å². The van der Waals surface area contributed by atoms with Crippen molar-refractivity contribution in [2.24, 2.45) is 5.73 Å². The molecule has 0 fully saturated rings. The summed E-state index contributed by atoms with van der Waals surface area (Å²) in [5.41, 5.74) is 5.85. The SMILES string of the molecule is CN(CCC#N)C(=O)c1csc(CCN)n1. The maximum absolute atomic E-state index is 11.8. The largest absolute Gasteiger partial charge is 0.339 e. The van der Waals surface area contributed by atoms with Gasteiger partial charge in [0, 0.05) is 25.4 Å². The van der Waals surface area contributed by atoms with Gasteiger partial charge >= 0.3 is 0 Å². The number of amides is 1. The van der Waals surface area contributed by atoms with Crippen molar-refractivity contribution in [2.75, 3.05) is 20.1 Å². The average molecular weight is 238 g/mol. The van der Waals surface area contributed by atoms with Crippen LogP contribution in [0.1, 0.15) is 21.9 Å². The van der Waals surface area contributed by atoms with E-state index in [0.29, 0.717) is 31.6 Å². The van der Waals surface area contributed by atoms with Crippen LogP contribution in [-0.4, -0.2) is 35.9 Å². The van der Waals surface area contributed by atoms with Gasteiger partial charge in [-0.05, 0) is 6.54 Å². The Morgan fingerprint density at radius 2 is 2.50 bits per heavy atom. The van der Waals surface area contributed by atoms with Gasteiger partial charge in [0.15, 0.2) is 0 Å². The summed E-state index contributed by atoms with van der Waals surface area (Å²) in [5, 5.41) is 11.0. The van der Waals surface area contributed by atoms with Gasteiger partial charge in [0.05, 0.1) is 17.5 Å². The molecule has 2 N–H and O–H groups in total. The van der Waals surface area contributed by atoms with Gasteiger partial charge in [0.25, 0.3) is 5.91 Å². The molecule has 0 radical (unpaired) electrons. The molecule has 86 valence electrons. The zero-order chi connectivity index (χ0) is 12.0. The Morgan fingerprint density at radius 1 is 1.75 bits per heavy atom. The van der Waals surface area contributed by atoms with Crippen LogP contribution in [-0.2, 0) is 6.42 Å². The molecule has 0 atom stereocenters. The van der Waals surface area contributed by atoms with Crippen LogP contribution in [0.5, 0.6) is 0 Å². The number of aromatic nitrogens is 1. The highest BCUT2D eigenvalue weighted by molar-refractivity contribution is 7.09. The molecular formula is C10H14N4OS. The van der Waals surface area contributed by atoms with Crippen LogP contribution in [0.2, 0.25) is 0 Å². The van der Waals surface area contributed by atoms with Crippen molar-refractivity contribution in [1.82, 2.24) is 9.88 Å². The van der Waals surface area contributed by atoms with Crippen LogP contribution in [0, 0.1) is 11.3 Å². The Hall–Kier alpha value is -1.45. The lowest BCUT2D eigenvalue weighted by molar-refractivity contribution is 0.0793. The predicted octanol–water partition coefficient (Wildman–Crippen LogP) is 0.630. The second-order valence-electron chi connectivity index (χ2n) is 3.30. The highest BCUT2D eigenvalue weighted by Gasteiger charge is 2.14. The smallest absolute Gasteiger partial charge is 0.273 e. The minimum atomic E-state index is -0.144. The molecule has 0 bridgehead atoms. The Labute approximate surface area is 98.5 Å². The quantitative estimate of drug-likeness (QED) is 0.815. The topological polar surface area (TPSA) is 83.0 Å². The number of nitrogens with two attached hydrogens (primary N) is 1. The number of nitrogens with zero attached hydrogens (tertiary/aromatic N) is 3. The fraction of sp³-hybridized carbons (Fsp3) is 0.500. The van der Waals surface area contributed by atoms with Crippen LogP contribution in [0.25, 0.3) is 0 Å². The molecule has 1 aromatic heterocycles. The molecule has 0 aliphatic heterocycles. The van der Waals surface area contributed by atoms with Crippen LogP contribution < -0.4 is 5.73 Å². The number of carbonyl (C=O) groups is 1. The van der Waals surface area contributed by atoms with E-state index in [1.807, 2.05) is 6.07 Å². The third-order valence-corrected chi connectivity index (χ3v) is 2.94. The first-order valence-electron chi connectivity index (χ1n) is 4.96. The van der Waals surface area contributed by atoms with E-state index >= 15 is 0 Å². The summed E-state index contributed by atoms with van der Waals surface area (Å²) in [4.78, 5) is 17.5. The van der Waals surface area contributed by atoms with Gasteiger partial charge in [-0.3, -0.25) is 4.79 Å². The van der Waals surface area contributed by atoms with E-state index in [1.54, 1.807) is 12.4 Å². The molecule has 0 aliphatic carbocycles. The fourth-order valence-corrected chi connectivity index (χ4v) is 1.95. The standard InChI is InChI=1S/C10H14N4OS/c1-14(6-2-4-11)10(15)8-7-16-9(13-8)3-5-12/h7H,2-3,5-6,12H2,1H3. The third-order valence-electron chi connectivity index (χ3n) is 2.03. The van der Waals surface area contributed by atoms with Crippen molar-refractivity contribution >= 4 is 17.2 Å². The van der Waals surface area contributed by atoms with Crippen molar-refractivity contribution < 1.29 is 4.79 Å². The predicted molar refractivity (Wildman–Crippen MR) is 62.1 cm³/mol. The molecule has 1 heterocycles. The lowest BCUT2D eigenvalue weighted by Crippen LogP contribution is -2.27. The molecule has 5 nitrogen and oxygen atoms in total. The van der Waals surface area contributed by atoms with Gasteiger partial charge in [0.2, 0.25) is 0 Å². The van der Waals surface area contributed by atoms with Crippen LogP contribution in [0.4, 0.5) is 0 Å². The molecule has 0 spiro atoms. The minimum Gasteiger partial charge on any atom is -0.339 e. The zero-order valence-corrected chi connectivity index (χ0v) is 9.96. The van der Waals surface area contributed by atoms with Crippen LogP contribution in [0.15, 0.2) is 5.38 Å². The second kappa shape index (κ2) is 6.20. The Kier molecular flexibility index (Phi) is 4.89. The van der Waals surface area contributed by atoms with E-state index in [4.69, 9.17) is 11.0 Å². The number of hydrogen-bond acceptors (Lipinski definition) is 5. The molecule has 1 aromatic rings. The van der Waals surface area contributed by atoms with Gasteiger partial charge in [0.1, 0.15) is 5.69 Å². The van der Waals surface area contributed by atoms with Gasteiger partial charge < -0.3 is 10.6 Å². The molecule has 0 saturated carbocycles. The molecular weight excluding hydrogens is 224 g/mol. The Balaban J connectivity index is 2.61. The summed E-state index contributed by atoms with van der Waals surface area (Å²) in [6.07, 6.45) is 1.03. The van der Waals surface area contributed by atoms with Gasteiger partial charge in [-0.1, -0.05) is 0 Å². The summed E-state index contributed by atoms with van der Waals surface area (Å²) in [6.45, 7) is 0.963. The summed E-state index contributed by atoms with van der Waals surface area (Å²) < 4.78 is 0. The molecule has 0 aromatic carbocycles. The van der Waals surface area contributed by atoms with E-state index in [1.165, 1.54) is 16.2 Å². The van der Waals surface area contributed by atoms with E-state index in [-0.39, 0.29) is 5.91 Å². The summed E-state index contributed by atoms with van der Waals surface area (Å²) >= 11 is 1.44. The molecule has 1 rings (SSSR count). The highest BCUT2D eigenvalue weighted by atomic mass is 32.1. The molecule has 16 heavy (non-hydrogen) atoms. The van der Waals surface area contributed by atoms with E-state index < -0.39 is 0 Å². The number of carbonyl (C=O) groups excluding carboxylic acids is 1.